The lowest BCUT2D eigenvalue weighted by Crippen LogP contribution is -2.66. The number of Topliss-reactive ketones (excluding diaryl/α,β-unsaturated/α-hetero) is 1. The zero-order valence-electron chi connectivity index (χ0n) is 19.4. The minimum absolute atomic E-state index is 0.103. The van der Waals surface area contributed by atoms with Crippen LogP contribution in [0.1, 0.15) is 47.4 Å². The highest BCUT2D eigenvalue weighted by molar-refractivity contribution is 5.97. The fourth-order valence-corrected chi connectivity index (χ4v) is 5.13. The van der Waals surface area contributed by atoms with Crippen molar-refractivity contribution in [3.8, 4) is 0 Å². The largest absolute Gasteiger partial charge is 0.455 e. The number of quaternary nitrogens is 1. The quantitative estimate of drug-likeness (QED) is 0.381. The molecule has 3 aliphatic rings. The number of amides is 1. The van der Waals surface area contributed by atoms with E-state index in [9.17, 15) is 14.4 Å². The number of esters is 1. The average molecular weight is 450 g/mol. The molecular formula is C27H33N2O4+. The van der Waals surface area contributed by atoms with Crippen molar-refractivity contribution >= 4 is 17.7 Å². The van der Waals surface area contributed by atoms with Gasteiger partial charge in [0.15, 0.2) is 6.10 Å². The molecule has 1 amide bonds. The van der Waals surface area contributed by atoms with Gasteiger partial charge in [-0.15, -0.1) is 0 Å². The predicted octanol–water partition coefficient (Wildman–Crippen LogP) is 3.48. The summed E-state index contributed by atoms with van der Waals surface area (Å²) in [7, 11) is 0. The Morgan fingerprint density at radius 3 is 2.09 bits per heavy atom. The highest BCUT2D eigenvalue weighted by atomic mass is 16.5. The summed E-state index contributed by atoms with van der Waals surface area (Å²) in [5, 5.41) is 2.86. The second-order valence-electron chi connectivity index (χ2n) is 9.79. The van der Waals surface area contributed by atoms with Crippen molar-refractivity contribution < 1.29 is 23.6 Å². The maximum atomic E-state index is 13.1. The molecule has 0 aliphatic carbocycles. The van der Waals surface area contributed by atoms with Crippen molar-refractivity contribution in [2.75, 3.05) is 26.2 Å². The monoisotopic (exact) mass is 449 g/mol. The number of benzene rings is 2. The third kappa shape index (κ3) is 5.33. The highest BCUT2D eigenvalue weighted by Crippen LogP contribution is 2.36. The van der Waals surface area contributed by atoms with Gasteiger partial charge >= 0.3 is 5.97 Å². The minimum Gasteiger partial charge on any atom is -0.455 e. The maximum Gasteiger partial charge on any atom is 0.329 e. The number of fused-ring (bicyclic) bond motifs is 3. The number of carbonyl (C=O) groups excluding carboxylic acids is 3. The Hall–Kier alpha value is -2.99. The summed E-state index contributed by atoms with van der Waals surface area (Å²) in [6, 6.07) is 17.6. The molecule has 0 spiro atoms. The van der Waals surface area contributed by atoms with Crippen LogP contribution in [0.2, 0.25) is 0 Å². The van der Waals surface area contributed by atoms with Crippen molar-refractivity contribution in [2.45, 2.75) is 38.8 Å². The van der Waals surface area contributed by atoms with E-state index in [1.165, 1.54) is 0 Å². The van der Waals surface area contributed by atoms with E-state index in [1.54, 1.807) is 24.3 Å². The predicted molar refractivity (Wildman–Crippen MR) is 126 cm³/mol. The van der Waals surface area contributed by atoms with Gasteiger partial charge < -0.3 is 14.5 Å². The summed E-state index contributed by atoms with van der Waals surface area (Å²) in [6.07, 6.45) is 1.67. The summed E-state index contributed by atoms with van der Waals surface area (Å²) in [5.74, 6) is -0.318. The molecule has 33 heavy (non-hydrogen) atoms. The van der Waals surface area contributed by atoms with Crippen LogP contribution in [0.5, 0.6) is 0 Å². The van der Waals surface area contributed by atoms with E-state index in [0.29, 0.717) is 29.1 Å². The zero-order chi connectivity index (χ0) is 23.4. The third-order valence-electron chi connectivity index (χ3n) is 7.13. The molecule has 0 aromatic heterocycles. The van der Waals surface area contributed by atoms with Crippen molar-refractivity contribution in [2.24, 2.45) is 11.8 Å². The lowest BCUT2D eigenvalue weighted by atomic mass is 9.82. The molecule has 174 valence electrons. The van der Waals surface area contributed by atoms with Crippen molar-refractivity contribution in [1.82, 2.24) is 5.32 Å². The molecule has 6 heteroatoms. The number of nitrogens with zero attached hydrogens (tertiary/aromatic N) is 1. The zero-order valence-corrected chi connectivity index (χ0v) is 19.4. The molecule has 2 atom stereocenters. The van der Waals surface area contributed by atoms with Gasteiger partial charge in [0.1, 0.15) is 19.1 Å². The van der Waals surface area contributed by atoms with E-state index in [-0.39, 0.29) is 29.7 Å². The summed E-state index contributed by atoms with van der Waals surface area (Å²) in [5.41, 5.74) is 1.25. The SMILES string of the molecule is CC(C)C(NC(=O)c1ccccc1)C(=O)O[C@H]1C[N+]2(CC(=O)c3ccccc3)CCC1CC2. The Bertz CT molecular complexity index is 982. The molecule has 3 aliphatic heterocycles. The first-order valence-electron chi connectivity index (χ1n) is 11.9. The number of hydrogen-bond acceptors (Lipinski definition) is 4. The highest BCUT2D eigenvalue weighted by Gasteiger charge is 2.49. The van der Waals surface area contributed by atoms with Gasteiger partial charge in [-0.05, 0) is 18.1 Å². The average Bonchev–Trinajstić information content (AvgIpc) is 2.83. The number of rotatable bonds is 8. The third-order valence-corrected chi connectivity index (χ3v) is 7.13. The van der Waals surface area contributed by atoms with E-state index >= 15 is 0 Å². The van der Waals surface area contributed by atoms with Gasteiger partial charge in [-0.25, -0.2) is 4.79 Å². The molecule has 1 N–H and O–H groups in total. The van der Waals surface area contributed by atoms with Crippen LogP contribution in [0.4, 0.5) is 0 Å². The van der Waals surface area contributed by atoms with Crippen LogP contribution in [0.15, 0.2) is 60.7 Å². The van der Waals surface area contributed by atoms with Crippen LogP contribution >= 0.6 is 0 Å². The number of carbonyl (C=O) groups is 3. The van der Waals surface area contributed by atoms with Crippen LogP contribution in [-0.2, 0) is 9.53 Å². The van der Waals surface area contributed by atoms with Crippen molar-refractivity contribution in [1.29, 1.82) is 0 Å². The van der Waals surface area contributed by atoms with Gasteiger partial charge in [0, 0.05) is 29.9 Å². The van der Waals surface area contributed by atoms with Gasteiger partial charge in [-0.2, -0.15) is 0 Å². The molecule has 3 heterocycles. The Labute approximate surface area is 195 Å². The van der Waals surface area contributed by atoms with E-state index in [4.69, 9.17) is 4.74 Å². The number of hydrogen-bond donors (Lipinski definition) is 1. The fraction of sp³-hybridized carbons (Fsp3) is 0.444. The van der Waals surface area contributed by atoms with Gasteiger partial charge in [0.05, 0.1) is 13.1 Å². The summed E-state index contributed by atoms with van der Waals surface area (Å²) in [6.45, 7) is 6.78. The number of piperidine rings is 3. The number of ketones is 1. The second-order valence-corrected chi connectivity index (χ2v) is 9.79. The molecule has 6 nitrogen and oxygen atoms in total. The normalized spacial score (nSPS) is 24.8. The topological polar surface area (TPSA) is 72.5 Å². The molecular weight excluding hydrogens is 416 g/mol. The van der Waals surface area contributed by atoms with Crippen LogP contribution in [0.3, 0.4) is 0 Å². The molecule has 0 radical (unpaired) electrons. The van der Waals surface area contributed by atoms with Crippen LogP contribution in [-0.4, -0.2) is 60.5 Å². The van der Waals surface area contributed by atoms with Crippen LogP contribution in [0, 0.1) is 11.8 Å². The van der Waals surface area contributed by atoms with Crippen LogP contribution in [0.25, 0.3) is 0 Å². The first-order valence-corrected chi connectivity index (χ1v) is 11.9. The van der Waals surface area contributed by atoms with E-state index in [0.717, 1.165) is 31.5 Å². The van der Waals surface area contributed by atoms with Gasteiger partial charge in [-0.1, -0.05) is 62.4 Å². The second kappa shape index (κ2) is 9.87. The molecule has 2 bridgehead atoms. The molecule has 3 fully saturated rings. The Balaban J connectivity index is 1.41. The standard InChI is InChI=1S/C27H32N2O4/c1-19(2)25(28-26(31)22-11-7-4-8-12-22)27(32)33-24-18-29(15-13-21(24)14-16-29)17-23(30)20-9-5-3-6-10-20/h3-12,19,21,24-25H,13-18H2,1-2H3/p+1/t21?,24-,25?,29?/m0/s1. The van der Waals surface area contributed by atoms with E-state index < -0.39 is 6.04 Å². The Morgan fingerprint density at radius 2 is 1.52 bits per heavy atom. The molecule has 2 aromatic rings. The first-order chi connectivity index (χ1) is 15.9. The summed E-state index contributed by atoms with van der Waals surface area (Å²) >= 11 is 0. The smallest absolute Gasteiger partial charge is 0.329 e. The molecule has 2 aromatic carbocycles. The number of ether oxygens (including phenoxy) is 1. The fourth-order valence-electron chi connectivity index (χ4n) is 5.13. The van der Waals surface area contributed by atoms with Crippen molar-refractivity contribution in [3.63, 3.8) is 0 Å². The van der Waals surface area contributed by atoms with Gasteiger partial charge in [-0.3, -0.25) is 9.59 Å². The number of nitrogens with one attached hydrogen (secondary N) is 1. The van der Waals surface area contributed by atoms with Gasteiger partial charge in [0.25, 0.3) is 5.91 Å². The lowest BCUT2D eigenvalue weighted by Gasteiger charge is -2.51. The van der Waals surface area contributed by atoms with Crippen LogP contribution < -0.4 is 5.32 Å². The first kappa shape index (κ1) is 23.2. The lowest BCUT2D eigenvalue weighted by molar-refractivity contribution is -0.938. The molecule has 0 saturated carbocycles. The Morgan fingerprint density at radius 1 is 0.939 bits per heavy atom. The van der Waals surface area contributed by atoms with E-state index in [2.05, 4.69) is 5.32 Å². The molecule has 5 rings (SSSR count). The summed E-state index contributed by atoms with van der Waals surface area (Å²) < 4.78 is 6.69. The minimum atomic E-state index is -0.715. The van der Waals surface area contributed by atoms with Gasteiger partial charge in [0.2, 0.25) is 5.78 Å². The molecule has 1 unspecified atom stereocenters. The summed E-state index contributed by atoms with van der Waals surface area (Å²) in [4.78, 5) is 38.7. The van der Waals surface area contributed by atoms with E-state index in [1.807, 2.05) is 50.2 Å². The van der Waals surface area contributed by atoms with Crippen molar-refractivity contribution in [3.05, 3.63) is 71.8 Å². The molecule has 3 saturated heterocycles. The Kier molecular flexibility index (Phi) is 6.94. The maximum absolute atomic E-state index is 13.1.